The number of hydrogen-bond donors (Lipinski definition) is 5. The van der Waals surface area contributed by atoms with Gasteiger partial charge in [0.15, 0.2) is 6.35 Å². The van der Waals surface area contributed by atoms with E-state index >= 15 is 0 Å². The number of primary amides is 1. The number of aliphatic hydroxyl groups excluding tert-OH is 1. The van der Waals surface area contributed by atoms with Crippen molar-refractivity contribution < 1.29 is 33.8 Å². The maximum atomic E-state index is 14.2. The summed E-state index contributed by atoms with van der Waals surface area (Å²) in [5, 5.41) is 19.5. The van der Waals surface area contributed by atoms with Gasteiger partial charge >= 0.3 is 5.97 Å². The number of nitrogens with zero attached hydrogens (tertiary/aromatic N) is 1. The minimum absolute atomic E-state index is 0.0431. The number of rotatable bonds is 15. The van der Waals surface area contributed by atoms with Crippen molar-refractivity contribution in [3.05, 3.63) is 48.0 Å². The van der Waals surface area contributed by atoms with Crippen LogP contribution in [0.2, 0.25) is 0 Å². The minimum Gasteiger partial charge on any atom is -0.459 e. The molecule has 1 aliphatic heterocycles. The van der Waals surface area contributed by atoms with E-state index in [4.69, 9.17) is 10.5 Å². The Balaban J connectivity index is 1.48. The molecule has 6 N–H and O–H groups in total. The molecular weight excluding hydrogens is 590 g/mol. The van der Waals surface area contributed by atoms with E-state index in [0.717, 1.165) is 18.4 Å². The number of nitrogens with two attached hydrogens (primary N) is 1. The Morgan fingerprint density at radius 2 is 1.74 bits per heavy atom. The first-order valence-electron chi connectivity index (χ1n) is 15.9. The van der Waals surface area contributed by atoms with E-state index in [0.29, 0.717) is 18.5 Å². The predicted octanol–water partition coefficient (Wildman–Crippen LogP) is 1.37. The first-order valence-corrected chi connectivity index (χ1v) is 15.9. The van der Waals surface area contributed by atoms with Gasteiger partial charge in [-0.3, -0.25) is 29.8 Å². The largest absolute Gasteiger partial charge is 0.459 e. The standard InChI is InChI=1S/C34H49N5O7/c1-18(2)24(31(44)46-17-20-11-9-8-10-12-20)37-32(45)38-27(33(3,4)5)30(43)39-16-21-23(34(21,6)7)25(39)29(42)36-22(15-19-13-14-19)26(40)28(35)41/h8-12,19,21-25,27,32,37-38,45H,1,13-17H2,2-7H3,(H2,35,41)(H,36,42)/t21-,22?,23-,24-,25-,27+,32?/m0/s1. The van der Waals surface area contributed by atoms with Crippen LogP contribution in [0.3, 0.4) is 0 Å². The van der Waals surface area contributed by atoms with Gasteiger partial charge in [0.1, 0.15) is 18.7 Å². The number of fused-ring (bicyclic) bond motifs is 1. The number of aliphatic hydroxyl groups is 1. The van der Waals surface area contributed by atoms with Gasteiger partial charge in [-0.25, -0.2) is 4.79 Å². The van der Waals surface area contributed by atoms with Crippen molar-refractivity contribution in [1.29, 1.82) is 0 Å². The van der Waals surface area contributed by atoms with Crippen LogP contribution in [0.5, 0.6) is 0 Å². The fraction of sp³-hybridized carbons (Fsp3) is 0.618. The van der Waals surface area contributed by atoms with Crippen LogP contribution in [0.15, 0.2) is 42.5 Å². The van der Waals surface area contributed by atoms with E-state index in [1.807, 2.05) is 65.0 Å². The number of esters is 1. The van der Waals surface area contributed by atoms with Gasteiger partial charge in [-0.15, -0.1) is 0 Å². The summed E-state index contributed by atoms with van der Waals surface area (Å²) in [6.45, 7) is 15.4. The Kier molecular flexibility index (Phi) is 10.4. The zero-order valence-corrected chi connectivity index (χ0v) is 27.7. The smallest absolute Gasteiger partial charge is 0.327 e. The van der Waals surface area contributed by atoms with Gasteiger partial charge in [0.2, 0.25) is 17.6 Å². The maximum Gasteiger partial charge on any atom is 0.327 e. The molecule has 0 bridgehead atoms. The molecule has 1 aromatic carbocycles. The Morgan fingerprint density at radius 1 is 1.11 bits per heavy atom. The lowest BCUT2D eigenvalue weighted by Crippen LogP contribution is -2.63. The van der Waals surface area contributed by atoms with Crippen molar-refractivity contribution in [1.82, 2.24) is 20.9 Å². The number of carbonyl (C=O) groups is 5. The summed E-state index contributed by atoms with van der Waals surface area (Å²) in [6, 6.07) is 5.22. The lowest BCUT2D eigenvalue weighted by molar-refractivity contribution is -0.148. The number of ether oxygens (including phenoxy) is 1. The molecule has 0 aromatic heterocycles. The molecule has 7 atom stereocenters. The molecule has 252 valence electrons. The normalized spacial score (nSPS) is 24.2. The summed E-state index contributed by atoms with van der Waals surface area (Å²) in [4.78, 5) is 66.9. The number of hydrogen-bond acceptors (Lipinski definition) is 9. The molecule has 12 nitrogen and oxygen atoms in total. The number of nitrogens with one attached hydrogen (secondary N) is 3. The zero-order chi connectivity index (χ0) is 34.1. The first kappa shape index (κ1) is 35.2. The second kappa shape index (κ2) is 13.6. The van der Waals surface area contributed by atoms with Crippen LogP contribution in [0.25, 0.3) is 0 Å². The molecule has 0 radical (unpaired) electrons. The van der Waals surface area contributed by atoms with Gasteiger partial charge in [0, 0.05) is 6.54 Å². The Morgan fingerprint density at radius 3 is 2.28 bits per heavy atom. The average molecular weight is 640 g/mol. The fourth-order valence-electron chi connectivity index (χ4n) is 6.61. The maximum absolute atomic E-state index is 14.2. The summed E-state index contributed by atoms with van der Waals surface area (Å²) in [6.07, 6.45) is 0.636. The SMILES string of the molecule is C=C(C)[C@H](NC(O)N[C@H](C(=O)N1C[C@H]2[C@@H]([C@H]1C(=O)NC(CC1CC1)C(=O)C(N)=O)C2(C)C)C(C)(C)C)C(=O)OCc1ccccc1. The number of carbonyl (C=O) groups excluding carboxylic acids is 5. The van der Waals surface area contributed by atoms with Crippen molar-refractivity contribution in [3.8, 4) is 0 Å². The van der Waals surface area contributed by atoms with Crippen LogP contribution in [0, 0.1) is 28.6 Å². The summed E-state index contributed by atoms with van der Waals surface area (Å²) in [7, 11) is 0. The van der Waals surface area contributed by atoms with Crippen LogP contribution in [0.1, 0.15) is 66.4 Å². The van der Waals surface area contributed by atoms with Crippen LogP contribution in [0.4, 0.5) is 0 Å². The van der Waals surface area contributed by atoms with E-state index in [9.17, 15) is 29.1 Å². The number of Topliss-reactive ketones (excluding diaryl/α,β-unsaturated/α-hetero) is 1. The van der Waals surface area contributed by atoms with Crippen molar-refractivity contribution in [3.63, 3.8) is 0 Å². The highest BCUT2D eigenvalue weighted by atomic mass is 16.5. The van der Waals surface area contributed by atoms with Gasteiger partial charge in [0.25, 0.3) is 5.91 Å². The van der Waals surface area contributed by atoms with E-state index in [-0.39, 0.29) is 29.8 Å². The second-order valence-electron chi connectivity index (χ2n) is 14.8. The number of amides is 3. The molecular formula is C34H49N5O7. The number of likely N-dealkylation sites (tertiary alicyclic amines) is 1. The molecule has 2 unspecified atom stereocenters. The molecule has 1 saturated heterocycles. The molecule has 0 spiro atoms. The molecule has 1 heterocycles. The zero-order valence-electron chi connectivity index (χ0n) is 27.7. The molecule has 3 fully saturated rings. The number of ketones is 1. The monoisotopic (exact) mass is 639 g/mol. The van der Waals surface area contributed by atoms with Gasteiger partial charge in [0.05, 0.1) is 12.1 Å². The van der Waals surface area contributed by atoms with Crippen LogP contribution in [-0.4, -0.2) is 76.5 Å². The summed E-state index contributed by atoms with van der Waals surface area (Å²) in [5.41, 5.74) is 5.57. The van der Waals surface area contributed by atoms with Crippen LogP contribution < -0.4 is 21.7 Å². The van der Waals surface area contributed by atoms with Crippen LogP contribution in [-0.2, 0) is 35.3 Å². The third-order valence-electron chi connectivity index (χ3n) is 9.62. The Bertz CT molecular complexity index is 1350. The number of benzene rings is 1. The second-order valence-corrected chi connectivity index (χ2v) is 14.8. The predicted molar refractivity (Wildman–Crippen MR) is 170 cm³/mol. The van der Waals surface area contributed by atoms with Gasteiger partial charge in [-0.05, 0) is 47.5 Å². The molecule has 2 aliphatic carbocycles. The van der Waals surface area contributed by atoms with E-state index in [1.54, 1.807) is 6.92 Å². The first-order chi connectivity index (χ1) is 21.4. The van der Waals surface area contributed by atoms with Crippen molar-refractivity contribution >= 4 is 29.5 Å². The molecule has 4 rings (SSSR count). The molecule has 2 saturated carbocycles. The topological polar surface area (TPSA) is 180 Å². The van der Waals surface area contributed by atoms with Crippen molar-refractivity contribution in [2.24, 2.45) is 34.3 Å². The van der Waals surface area contributed by atoms with Crippen LogP contribution >= 0.6 is 0 Å². The van der Waals surface area contributed by atoms with E-state index < -0.39 is 65.4 Å². The number of piperidine rings is 1. The van der Waals surface area contributed by atoms with Crippen molar-refractivity contribution in [2.75, 3.05) is 6.54 Å². The molecule has 12 heteroatoms. The average Bonchev–Trinajstić information content (AvgIpc) is 3.83. The highest BCUT2D eigenvalue weighted by Gasteiger charge is 2.70. The quantitative estimate of drug-likeness (QED) is 0.0820. The Hall–Kier alpha value is -3.61. The summed E-state index contributed by atoms with van der Waals surface area (Å²) >= 11 is 0. The van der Waals surface area contributed by atoms with E-state index in [2.05, 4.69) is 22.5 Å². The summed E-state index contributed by atoms with van der Waals surface area (Å²) < 4.78 is 5.45. The lowest BCUT2D eigenvalue weighted by atomic mass is 9.85. The minimum atomic E-state index is -1.52. The van der Waals surface area contributed by atoms with Gasteiger partial charge in [-0.2, -0.15) is 0 Å². The lowest BCUT2D eigenvalue weighted by Gasteiger charge is -2.39. The van der Waals surface area contributed by atoms with Crippen molar-refractivity contribution in [2.45, 2.75) is 97.9 Å². The van der Waals surface area contributed by atoms with Gasteiger partial charge in [-0.1, -0.05) is 89.9 Å². The highest BCUT2D eigenvalue weighted by molar-refractivity contribution is 6.37. The summed E-state index contributed by atoms with van der Waals surface area (Å²) in [5.74, 6) is -3.33. The molecule has 46 heavy (non-hydrogen) atoms. The third-order valence-corrected chi connectivity index (χ3v) is 9.62. The molecule has 1 aromatic rings. The fourth-order valence-corrected chi connectivity index (χ4v) is 6.61. The highest BCUT2D eigenvalue weighted by Crippen LogP contribution is 2.65. The van der Waals surface area contributed by atoms with E-state index in [1.165, 1.54) is 4.90 Å². The molecule has 3 amide bonds. The van der Waals surface area contributed by atoms with Gasteiger partial charge < -0.3 is 25.8 Å². The molecule has 3 aliphatic rings. The Labute approximate surface area is 270 Å². The third kappa shape index (κ3) is 8.02.